The van der Waals surface area contributed by atoms with Crippen molar-refractivity contribution in [3.8, 4) is 0 Å². The lowest BCUT2D eigenvalue weighted by Gasteiger charge is -2.39. The van der Waals surface area contributed by atoms with Gasteiger partial charge in [0.25, 0.3) is 0 Å². The molecule has 2 aliphatic rings. The molecular formula is C16H22ClNO2S. The van der Waals surface area contributed by atoms with Crippen molar-refractivity contribution in [2.45, 2.75) is 51.0 Å². The van der Waals surface area contributed by atoms with Crippen molar-refractivity contribution < 1.29 is 8.42 Å². The molecule has 0 N–H and O–H groups in total. The molecular weight excluding hydrogens is 306 g/mol. The highest BCUT2D eigenvalue weighted by Gasteiger charge is 2.53. The summed E-state index contributed by atoms with van der Waals surface area (Å²) in [6.45, 7) is 7.34. The van der Waals surface area contributed by atoms with Gasteiger partial charge in [-0.1, -0.05) is 32.4 Å². The number of sulfonamides is 1. The fourth-order valence-corrected chi connectivity index (χ4v) is 6.33. The molecule has 2 bridgehead atoms. The molecule has 5 heteroatoms. The lowest BCUT2D eigenvalue weighted by Crippen LogP contribution is -2.37. The van der Waals surface area contributed by atoms with E-state index in [2.05, 4.69) is 20.8 Å². The number of rotatable bonds is 2. The molecule has 1 saturated heterocycles. The SMILES string of the molecule is CC1(C)C[C@H]2C[C@@](C)(CN2S(=O)(=O)c2ccc(Cl)cc2)C1. The third kappa shape index (κ3) is 2.73. The van der Waals surface area contributed by atoms with E-state index >= 15 is 0 Å². The fraction of sp³-hybridized carbons (Fsp3) is 0.625. The van der Waals surface area contributed by atoms with Gasteiger partial charge in [-0.15, -0.1) is 0 Å². The van der Waals surface area contributed by atoms with Gasteiger partial charge in [-0.2, -0.15) is 4.31 Å². The molecule has 1 aromatic rings. The Bertz CT molecular complexity index is 653. The van der Waals surface area contributed by atoms with Crippen LogP contribution in [0.2, 0.25) is 5.02 Å². The maximum absolute atomic E-state index is 12.9. The van der Waals surface area contributed by atoms with Crippen LogP contribution in [0.25, 0.3) is 0 Å². The van der Waals surface area contributed by atoms with E-state index in [-0.39, 0.29) is 16.9 Å². The topological polar surface area (TPSA) is 37.4 Å². The van der Waals surface area contributed by atoms with E-state index in [4.69, 9.17) is 11.6 Å². The fourth-order valence-electron chi connectivity index (χ4n) is 4.43. The van der Waals surface area contributed by atoms with Crippen molar-refractivity contribution in [1.29, 1.82) is 0 Å². The first-order valence-corrected chi connectivity index (χ1v) is 9.21. The van der Waals surface area contributed by atoms with E-state index in [0.717, 1.165) is 19.3 Å². The monoisotopic (exact) mass is 327 g/mol. The summed E-state index contributed by atoms with van der Waals surface area (Å²) in [7, 11) is -3.42. The van der Waals surface area contributed by atoms with Crippen molar-refractivity contribution >= 4 is 21.6 Å². The molecule has 0 radical (unpaired) electrons. The molecule has 116 valence electrons. The Morgan fingerprint density at radius 1 is 1.14 bits per heavy atom. The molecule has 0 unspecified atom stereocenters. The van der Waals surface area contributed by atoms with Crippen LogP contribution >= 0.6 is 11.6 Å². The number of fused-ring (bicyclic) bond motifs is 2. The molecule has 0 amide bonds. The predicted molar refractivity (Wildman–Crippen MR) is 84.9 cm³/mol. The largest absolute Gasteiger partial charge is 0.243 e. The highest BCUT2D eigenvalue weighted by molar-refractivity contribution is 7.89. The predicted octanol–water partition coefficient (Wildman–Crippen LogP) is 3.93. The quantitative estimate of drug-likeness (QED) is 0.825. The zero-order valence-electron chi connectivity index (χ0n) is 12.8. The van der Waals surface area contributed by atoms with E-state index in [1.807, 2.05) is 0 Å². The van der Waals surface area contributed by atoms with Crippen molar-refractivity contribution in [2.75, 3.05) is 6.54 Å². The van der Waals surface area contributed by atoms with Crippen LogP contribution in [0.5, 0.6) is 0 Å². The molecule has 3 rings (SSSR count). The van der Waals surface area contributed by atoms with Gasteiger partial charge in [-0.05, 0) is 54.4 Å². The van der Waals surface area contributed by atoms with Gasteiger partial charge in [0.2, 0.25) is 10.0 Å². The van der Waals surface area contributed by atoms with Gasteiger partial charge >= 0.3 is 0 Å². The van der Waals surface area contributed by atoms with E-state index in [0.29, 0.717) is 16.5 Å². The minimum absolute atomic E-state index is 0.103. The smallest absolute Gasteiger partial charge is 0.207 e. The molecule has 0 aromatic heterocycles. The molecule has 2 atom stereocenters. The van der Waals surface area contributed by atoms with Crippen LogP contribution in [0.1, 0.15) is 40.0 Å². The normalized spacial score (nSPS) is 32.3. The highest BCUT2D eigenvalue weighted by atomic mass is 35.5. The average Bonchev–Trinajstić information content (AvgIpc) is 2.59. The summed E-state index contributed by atoms with van der Waals surface area (Å²) >= 11 is 5.86. The number of hydrogen-bond acceptors (Lipinski definition) is 2. The maximum atomic E-state index is 12.9. The second-order valence-corrected chi connectivity index (χ2v) is 10.0. The van der Waals surface area contributed by atoms with Gasteiger partial charge in [0.15, 0.2) is 0 Å². The van der Waals surface area contributed by atoms with Gasteiger partial charge in [0.1, 0.15) is 0 Å². The summed E-state index contributed by atoms with van der Waals surface area (Å²) in [6.07, 6.45) is 3.00. The number of hydrogen-bond donors (Lipinski definition) is 0. The zero-order valence-corrected chi connectivity index (χ0v) is 14.3. The van der Waals surface area contributed by atoms with E-state index in [1.54, 1.807) is 28.6 Å². The lowest BCUT2D eigenvalue weighted by atomic mass is 9.65. The first-order chi connectivity index (χ1) is 9.61. The molecule has 1 saturated carbocycles. The van der Waals surface area contributed by atoms with Gasteiger partial charge in [-0.3, -0.25) is 0 Å². The number of nitrogens with zero attached hydrogens (tertiary/aromatic N) is 1. The van der Waals surface area contributed by atoms with Crippen molar-refractivity contribution in [3.05, 3.63) is 29.3 Å². The molecule has 0 spiro atoms. The van der Waals surface area contributed by atoms with Crippen LogP contribution in [0.3, 0.4) is 0 Å². The van der Waals surface area contributed by atoms with Crippen molar-refractivity contribution in [3.63, 3.8) is 0 Å². The maximum Gasteiger partial charge on any atom is 0.243 e. The summed E-state index contributed by atoms with van der Waals surface area (Å²) in [6, 6.07) is 6.62. The third-order valence-corrected chi connectivity index (χ3v) is 6.95. The first-order valence-electron chi connectivity index (χ1n) is 7.39. The number of benzene rings is 1. The van der Waals surface area contributed by atoms with Crippen LogP contribution in [-0.4, -0.2) is 25.3 Å². The Balaban J connectivity index is 1.96. The average molecular weight is 328 g/mol. The second-order valence-electron chi connectivity index (χ2n) is 7.72. The Morgan fingerprint density at radius 3 is 2.38 bits per heavy atom. The molecule has 3 nitrogen and oxygen atoms in total. The van der Waals surface area contributed by atoms with Gasteiger partial charge in [0, 0.05) is 17.6 Å². The summed E-state index contributed by atoms with van der Waals surface area (Å²) < 4.78 is 27.6. The molecule has 1 heterocycles. The Labute approximate surface area is 132 Å². The minimum Gasteiger partial charge on any atom is -0.207 e. The Morgan fingerprint density at radius 2 is 1.76 bits per heavy atom. The van der Waals surface area contributed by atoms with Crippen LogP contribution < -0.4 is 0 Å². The van der Waals surface area contributed by atoms with Gasteiger partial charge in [-0.25, -0.2) is 8.42 Å². The van der Waals surface area contributed by atoms with E-state index in [9.17, 15) is 8.42 Å². The summed E-state index contributed by atoms with van der Waals surface area (Å²) in [5.74, 6) is 0. The molecule has 1 aromatic carbocycles. The third-order valence-electron chi connectivity index (χ3n) is 4.79. The summed E-state index contributed by atoms with van der Waals surface area (Å²) in [5, 5.41) is 0.558. The molecule has 1 aliphatic carbocycles. The lowest BCUT2D eigenvalue weighted by molar-refractivity contribution is 0.133. The summed E-state index contributed by atoms with van der Waals surface area (Å²) in [4.78, 5) is 0.348. The van der Waals surface area contributed by atoms with Crippen molar-refractivity contribution in [2.24, 2.45) is 10.8 Å². The zero-order chi connectivity index (χ0) is 15.5. The minimum atomic E-state index is -3.42. The number of halogens is 1. The molecule has 1 aliphatic heterocycles. The molecule has 21 heavy (non-hydrogen) atoms. The Hall–Kier alpha value is -0.580. The van der Waals surface area contributed by atoms with Crippen LogP contribution in [0, 0.1) is 10.8 Å². The van der Waals surface area contributed by atoms with Gasteiger partial charge in [0.05, 0.1) is 4.90 Å². The van der Waals surface area contributed by atoms with Crippen LogP contribution in [-0.2, 0) is 10.0 Å². The standard InChI is InChI=1S/C16H22ClNO2S/c1-15(2)8-13-9-16(3,10-15)11-18(13)21(19,20)14-6-4-12(17)5-7-14/h4-7,13H,8-11H2,1-3H3/t13-,16+/m0/s1. The van der Waals surface area contributed by atoms with Gasteiger partial charge < -0.3 is 0 Å². The molecule has 2 fully saturated rings. The Kier molecular flexibility index (Phi) is 3.43. The van der Waals surface area contributed by atoms with Crippen molar-refractivity contribution in [1.82, 2.24) is 4.31 Å². The van der Waals surface area contributed by atoms with Crippen LogP contribution in [0.4, 0.5) is 0 Å². The second kappa shape index (κ2) is 4.71. The van der Waals surface area contributed by atoms with Crippen LogP contribution in [0.15, 0.2) is 29.2 Å². The first kappa shape index (κ1) is 15.3. The summed E-state index contributed by atoms with van der Waals surface area (Å²) in [5.41, 5.74) is 0.313. The van der Waals surface area contributed by atoms with E-state index < -0.39 is 10.0 Å². The highest BCUT2D eigenvalue weighted by Crippen LogP contribution is 2.53. The van der Waals surface area contributed by atoms with E-state index in [1.165, 1.54) is 0 Å².